The quantitative estimate of drug-likeness (QED) is 0.791. The summed E-state index contributed by atoms with van der Waals surface area (Å²) in [5.41, 5.74) is 1.72. The number of pyridine rings is 1. The van der Waals surface area contributed by atoms with Gasteiger partial charge in [-0.05, 0) is 35.0 Å². The average Bonchev–Trinajstić information content (AvgIpc) is 2.25. The largest absolute Gasteiger partial charge is 0.497 e. The van der Waals surface area contributed by atoms with Crippen molar-refractivity contribution < 1.29 is 4.74 Å². The van der Waals surface area contributed by atoms with Crippen LogP contribution in [0.15, 0.2) is 22.7 Å². The van der Waals surface area contributed by atoms with Crippen LogP contribution in [-0.4, -0.2) is 12.1 Å². The number of aromatic nitrogens is 1. The second-order valence-corrected chi connectivity index (χ2v) is 4.38. The van der Waals surface area contributed by atoms with Gasteiger partial charge in [-0.3, -0.25) is 4.98 Å². The zero-order chi connectivity index (χ0) is 11.0. The van der Waals surface area contributed by atoms with Crippen molar-refractivity contribution in [1.29, 1.82) is 0 Å². The number of halogens is 2. The maximum absolute atomic E-state index is 6.20. The third-order valence-electron chi connectivity index (χ3n) is 2.24. The zero-order valence-corrected chi connectivity index (χ0v) is 10.7. The SMILES string of the molecule is COc1ccc2c(Cl)c(Br)c(C)nc2c1. The molecule has 2 nitrogen and oxygen atoms in total. The van der Waals surface area contributed by atoms with Crippen LogP contribution in [0.3, 0.4) is 0 Å². The lowest BCUT2D eigenvalue weighted by Crippen LogP contribution is -1.89. The second-order valence-electron chi connectivity index (χ2n) is 3.21. The van der Waals surface area contributed by atoms with Gasteiger partial charge in [-0.25, -0.2) is 0 Å². The maximum Gasteiger partial charge on any atom is 0.121 e. The minimum Gasteiger partial charge on any atom is -0.497 e. The number of ether oxygens (including phenoxy) is 1. The van der Waals surface area contributed by atoms with E-state index in [0.717, 1.165) is 26.8 Å². The second kappa shape index (κ2) is 3.99. The number of hydrogen-bond acceptors (Lipinski definition) is 2. The van der Waals surface area contributed by atoms with Gasteiger partial charge in [0, 0.05) is 11.5 Å². The topological polar surface area (TPSA) is 22.1 Å². The third kappa shape index (κ3) is 1.82. The molecule has 2 rings (SSSR count). The summed E-state index contributed by atoms with van der Waals surface area (Å²) in [7, 11) is 1.63. The highest BCUT2D eigenvalue weighted by atomic mass is 79.9. The van der Waals surface area contributed by atoms with Gasteiger partial charge in [-0.2, -0.15) is 0 Å². The monoisotopic (exact) mass is 285 g/mol. The highest BCUT2D eigenvalue weighted by molar-refractivity contribution is 9.10. The summed E-state index contributed by atoms with van der Waals surface area (Å²) in [6, 6.07) is 5.66. The summed E-state index contributed by atoms with van der Waals surface area (Å²) in [4.78, 5) is 4.43. The van der Waals surface area contributed by atoms with E-state index in [1.807, 2.05) is 25.1 Å². The standard InChI is InChI=1S/C11H9BrClNO/c1-6-10(12)11(13)8-4-3-7(15-2)5-9(8)14-6/h3-5H,1-2H3. The van der Waals surface area contributed by atoms with Gasteiger partial charge in [0.2, 0.25) is 0 Å². The van der Waals surface area contributed by atoms with E-state index in [0.29, 0.717) is 5.02 Å². The van der Waals surface area contributed by atoms with E-state index >= 15 is 0 Å². The van der Waals surface area contributed by atoms with Crippen LogP contribution in [0, 0.1) is 6.92 Å². The molecule has 0 aliphatic rings. The van der Waals surface area contributed by atoms with E-state index in [-0.39, 0.29) is 0 Å². The Morgan fingerprint density at radius 1 is 1.40 bits per heavy atom. The summed E-state index contributed by atoms with van der Waals surface area (Å²) < 4.78 is 5.99. The fourth-order valence-electron chi connectivity index (χ4n) is 1.42. The predicted molar refractivity (Wildman–Crippen MR) is 65.7 cm³/mol. The molecule has 0 N–H and O–H groups in total. The Bertz CT molecular complexity index is 527. The summed E-state index contributed by atoms with van der Waals surface area (Å²) in [5, 5.41) is 1.62. The summed E-state index contributed by atoms with van der Waals surface area (Å²) in [5.74, 6) is 0.785. The van der Waals surface area contributed by atoms with Crippen molar-refractivity contribution in [3.63, 3.8) is 0 Å². The summed E-state index contributed by atoms with van der Waals surface area (Å²) in [6.45, 7) is 1.91. The maximum atomic E-state index is 6.20. The number of fused-ring (bicyclic) bond motifs is 1. The molecule has 0 radical (unpaired) electrons. The molecule has 15 heavy (non-hydrogen) atoms. The first-order valence-electron chi connectivity index (χ1n) is 4.43. The smallest absolute Gasteiger partial charge is 0.121 e. The number of rotatable bonds is 1. The molecule has 0 bridgehead atoms. The van der Waals surface area contributed by atoms with Gasteiger partial charge in [-0.15, -0.1) is 0 Å². The van der Waals surface area contributed by atoms with Crippen molar-refractivity contribution in [3.8, 4) is 5.75 Å². The fourth-order valence-corrected chi connectivity index (χ4v) is 2.02. The van der Waals surface area contributed by atoms with E-state index in [1.165, 1.54) is 0 Å². The lowest BCUT2D eigenvalue weighted by atomic mass is 10.2. The molecule has 1 aromatic carbocycles. The fraction of sp³-hybridized carbons (Fsp3) is 0.182. The Kier molecular flexibility index (Phi) is 2.85. The van der Waals surface area contributed by atoms with Crippen LogP contribution in [0.25, 0.3) is 10.9 Å². The Hall–Kier alpha value is -0.800. The first-order chi connectivity index (χ1) is 7.13. The van der Waals surface area contributed by atoms with Crippen LogP contribution in [0.4, 0.5) is 0 Å². The van der Waals surface area contributed by atoms with Crippen molar-refractivity contribution in [2.75, 3.05) is 7.11 Å². The molecular weight excluding hydrogens is 277 g/mol. The van der Waals surface area contributed by atoms with Gasteiger partial charge >= 0.3 is 0 Å². The lowest BCUT2D eigenvalue weighted by Gasteiger charge is -2.07. The van der Waals surface area contributed by atoms with Crippen LogP contribution in [0.5, 0.6) is 5.75 Å². The number of benzene rings is 1. The Balaban J connectivity index is 2.80. The summed E-state index contributed by atoms with van der Waals surface area (Å²) >= 11 is 9.61. The van der Waals surface area contributed by atoms with Crippen molar-refractivity contribution in [2.24, 2.45) is 0 Å². The Labute approximate surface area is 101 Å². The molecule has 0 fully saturated rings. The van der Waals surface area contributed by atoms with E-state index in [1.54, 1.807) is 7.11 Å². The number of methoxy groups -OCH3 is 1. The van der Waals surface area contributed by atoms with Gasteiger partial charge in [0.25, 0.3) is 0 Å². The highest BCUT2D eigenvalue weighted by Gasteiger charge is 2.08. The molecular formula is C11H9BrClNO. The van der Waals surface area contributed by atoms with Crippen LogP contribution in [-0.2, 0) is 0 Å². The first kappa shape index (κ1) is 10.7. The van der Waals surface area contributed by atoms with E-state index < -0.39 is 0 Å². The number of aryl methyl sites for hydroxylation is 1. The van der Waals surface area contributed by atoms with Crippen LogP contribution < -0.4 is 4.74 Å². The number of nitrogens with zero attached hydrogens (tertiary/aromatic N) is 1. The zero-order valence-electron chi connectivity index (χ0n) is 8.34. The van der Waals surface area contributed by atoms with Crippen molar-refractivity contribution >= 4 is 38.4 Å². The van der Waals surface area contributed by atoms with E-state index in [4.69, 9.17) is 16.3 Å². The Morgan fingerprint density at radius 2 is 2.13 bits per heavy atom. The molecule has 2 aromatic rings. The molecule has 1 heterocycles. The lowest BCUT2D eigenvalue weighted by molar-refractivity contribution is 0.415. The molecule has 0 spiro atoms. The van der Waals surface area contributed by atoms with Gasteiger partial charge < -0.3 is 4.74 Å². The average molecular weight is 287 g/mol. The minimum absolute atomic E-state index is 0.695. The van der Waals surface area contributed by atoms with Gasteiger partial charge in [0.1, 0.15) is 5.75 Å². The van der Waals surface area contributed by atoms with Crippen molar-refractivity contribution in [1.82, 2.24) is 4.98 Å². The highest BCUT2D eigenvalue weighted by Crippen LogP contribution is 2.33. The van der Waals surface area contributed by atoms with Gasteiger partial charge in [0.15, 0.2) is 0 Å². The predicted octanol–water partition coefficient (Wildman–Crippen LogP) is 3.97. The molecule has 4 heteroatoms. The molecule has 0 unspecified atom stereocenters. The molecule has 0 saturated heterocycles. The van der Waals surface area contributed by atoms with Crippen LogP contribution in [0.2, 0.25) is 5.02 Å². The van der Waals surface area contributed by atoms with Crippen molar-refractivity contribution in [2.45, 2.75) is 6.92 Å². The third-order valence-corrected chi connectivity index (χ3v) is 3.83. The van der Waals surface area contributed by atoms with E-state index in [9.17, 15) is 0 Å². The van der Waals surface area contributed by atoms with Gasteiger partial charge in [-0.1, -0.05) is 11.6 Å². The molecule has 0 amide bonds. The Morgan fingerprint density at radius 3 is 2.80 bits per heavy atom. The first-order valence-corrected chi connectivity index (χ1v) is 5.60. The van der Waals surface area contributed by atoms with Crippen LogP contribution in [0.1, 0.15) is 5.69 Å². The van der Waals surface area contributed by atoms with Gasteiger partial charge in [0.05, 0.1) is 27.8 Å². The molecule has 78 valence electrons. The molecule has 0 saturated carbocycles. The molecule has 0 atom stereocenters. The normalized spacial score (nSPS) is 10.7. The summed E-state index contributed by atoms with van der Waals surface area (Å²) in [6.07, 6.45) is 0. The molecule has 0 aliphatic carbocycles. The van der Waals surface area contributed by atoms with E-state index in [2.05, 4.69) is 20.9 Å². The minimum atomic E-state index is 0.695. The van der Waals surface area contributed by atoms with Crippen LogP contribution >= 0.6 is 27.5 Å². The molecule has 0 aliphatic heterocycles. The number of hydrogen-bond donors (Lipinski definition) is 0. The van der Waals surface area contributed by atoms with Crippen molar-refractivity contribution in [3.05, 3.63) is 33.4 Å². The molecule has 1 aromatic heterocycles.